The number of benzene rings is 1. The SMILES string of the molecule is CCCN(CC(=O)N(C)C)Cc1cccc(C(N)=S)c1. The van der Waals surface area contributed by atoms with E-state index in [1.807, 2.05) is 24.3 Å². The first-order valence-corrected chi connectivity index (χ1v) is 7.16. The number of amides is 1. The molecule has 1 aromatic rings. The molecule has 0 heterocycles. The molecule has 110 valence electrons. The van der Waals surface area contributed by atoms with Crippen molar-refractivity contribution in [2.45, 2.75) is 19.9 Å². The van der Waals surface area contributed by atoms with E-state index in [9.17, 15) is 4.79 Å². The first-order valence-electron chi connectivity index (χ1n) is 6.75. The van der Waals surface area contributed by atoms with Gasteiger partial charge in [0.15, 0.2) is 0 Å². The van der Waals surface area contributed by atoms with E-state index in [0.717, 1.165) is 30.6 Å². The van der Waals surface area contributed by atoms with Crippen molar-refractivity contribution in [3.05, 3.63) is 35.4 Å². The molecule has 0 fully saturated rings. The number of carbonyl (C=O) groups is 1. The van der Waals surface area contributed by atoms with E-state index in [1.165, 1.54) is 0 Å². The molecule has 1 aromatic carbocycles. The van der Waals surface area contributed by atoms with Gasteiger partial charge >= 0.3 is 0 Å². The Balaban J connectivity index is 2.77. The zero-order chi connectivity index (χ0) is 15.1. The van der Waals surface area contributed by atoms with Gasteiger partial charge in [-0.2, -0.15) is 0 Å². The van der Waals surface area contributed by atoms with Crippen LogP contribution in [-0.4, -0.2) is 47.9 Å². The van der Waals surface area contributed by atoms with Crippen LogP contribution in [0.4, 0.5) is 0 Å². The smallest absolute Gasteiger partial charge is 0.236 e. The molecular formula is C15H23N3OS. The summed E-state index contributed by atoms with van der Waals surface area (Å²) in [7, 11) is 3.56. The Bertz CT molecular complexity index is 474. The molecule has 0 aromatic heterocycles. The molecule has 0 spiro atoms. The lowest BCUT2D eigenvalue weighted by Gasteiger charge is -2.23. The third-order valence-corrected chi connectivity index (χ3v) is 3.25. The van der Waals surface area contributed by atoms with E-state index in [-0.39, 0.29) is 5.91 Å². The summed E-state index contributed by atoms with van der Waals surface area (Å²) in [5.74, 6) is 0.115. The monoisotopic (exact) mass is 293 g/mol. The molecule has 5 heteroatoms. The Morgan fingerprint density at radius 1 is 1.35 bits per heavy atom. The number of carbonyl (C=O) groups excluding carboxylic acids is 1. The van der Waals surface area contributed by atoms with Crippen LogP contribution >= 0.6 is 12.2 Å². The van der Waals surface area contributed by atoms with Crippen molar-refractivity contribution in [2.24, 2.45) is 5.73 Å². The lowest BCUT2D eigenvalue weighted by molar-refractivity contribution is -0.130. The van der Waals surface area contributed by atoms with Crippen LogP contribution in [0, 0.1) is 0 Å². The van der Waals surface area contributed by atoms with Crippen LogP contribution < -0.4 is 5.73 Å². The summed E-state index contributed by atoms with van der Waals surface area (Å²) in [5.41, 5.74) is 7.64. The van der Waals surface area contributed by atoms with Gasteiger partial charge in [-0.15, -0.1) is 0 Å². The minimum absolute atomic E-state index is 0.115. The van der Waals surface area contributed by atoms with Gasteiger partial charge in [0.2, 0.25) is 5.91 Å². The molecule has 0 bridgehead atoms. The van der Waals surface area contributed by atoms with Crippen molar-refractivity contribution in [1.82, 2.24) is 9.80 Å². The van der Waals surface area contributed by atoms with Crippen LogP contribution in [0.5, 0.6) is 0 Å². The average molecular weight is 293 g/mol. The predicted octanol–water partition coefficient (Wildman–Crippen LogP) is 1.62. The van der Waals surface area contributed by atoms with E-state index in [0.29, 0.717) is 11.5 Å². The zero-order valence-electron chi connectivity index (χ0n) is 12.4. The minimum Gasteiger partial charge on any atom is -0.389 e. The fraction of sp³-hybridized carbons (Fsp3) is 0.467. The second kappa shape index (κ2) is 7.97. The number of hydrogen-bond acceptors (Lipinski definition) is 3. The molecule has 1 rings (SSSR count). The molecule has 0 atom stereocenters. The first kappa shape index (κ1) is 16.6. The van der Waals surface area contributed by atoms with Crippen molar-refractivity contribution < 1.29 is 4.79 Å². The Kier molecular flexibility index (Phi) is 6.61. The molecule has 0 aliphatic carbocycles. The highest BCUT2D eigenvalue weighted by Crippen LogP contribution is 2.09. The predicted molar refractivity (Wildman–Crippen MR) is 86.6 cm³/mol. The highest BCUT2D eigenvalue weighted by molar-refractivity contribution is 7.80. The van der Waals surface area contributed by atoms with Gasteiger partial charge in [0.1, 0.15) is 4.99 Å². The van der Waals surface area contributed by atoms with Crippen LogP contribution in [-0.2, 0) is 11.3 Å². The van der Waals surface area contributed by atoms with E-state index < -0.39 is 0 Å². The number of nitrogens with zero attached hydrogens (tertiary/aromatic N) is 2. The largest absolute Gasteiger partial charge is 0.389 e. The Morgan fingerprint density at radius 2 is 2.05 bits per heavy atom. The molecule has 2 N–H and O–H groups in total. The first-order chi connectivity index (χ1) is 9.43. The maximum absolute atomic E-state index is 11.8. The highest BCUT2D eigenvalue weighted by Gasteiger charge is 2.12. The Labute approximate surface area is 126 Å². The highest BCUT2D eigenvalue weighted by atomic mass is 32.1. The summed E-state index contributed by atoms with van der Waals surface area (Å²) in [6.07, 6.45) is 1.01. The standard InChI is InChI=1S/C15H23N3OS/c1-4-8-18(11-14(19)17(2)3)10-12-6-5-7-13(9-12)15(16)20/h5-7,9H,4,8,10-11H2,1-3H3,(H2,16,20). The summed E-state index contributed by atoms with van der Waals surface area (Å²) in [6.45, 7) is 4.15. The fourth-order valence-electron chi connectivity index (χ4n) is 1.94. The van der Waals surface area contributed by atoms with Crippen molar-refractivity contribution in [2.75, 3.05) is 27.2 Å². The van der Waals surface area contributed by atoms with E-state index in [1.54, 1.807) is 19.0 Å². The van der Waals surface area contributed by atoms with Crippen LogP contribution in [0.25, 0.3) is 0 Å². The summed E-state index contributed by atoms with van der Waals surface area (Å²) >= 11 is 4.99. The normalized spacial score (nSPS) is 10.6. The van der Waals surface area contributed by atoms with Crippen LogP contribution in [0.1, 0.15) is 24.5 Å². The topological polar surface area (TPSA) is 49.6 Å². The molecule has 0 aliphatic rings. The van der Waals surface area contributed by atoms with Gasteiger partial charge in [-0.3, -0.25) is 9.69 Å². The molecule has 0 radical (unpaired) electrons. The maximum Gasteiger partial charge on any atom is 0.236 e. The van der Waals surface area contributed by atoms with E-state index >= 15 is 0 Å². The molecule has 0 saturated heterocycles. The third kappa shape index (κ3) is 5.27. The summed E-state index contributed by atoms with van der Waals surface area (Å²) in [6, 6.07) is 7.87. The molecular weight excluding hydrogens is 270 g/mol. The van der Waals surface area contributed by atoms with Crippen molar-refractivity contribution in [1.29, 1.82) is 0 Å². The van der Waals surface area contributed by atoms with Gasteiger partial charge in [0.25, 0.3) is 0 Å². The lowest BCUT2D eigenvalue weighted by atomic mass is 10.1. The van der Waals surface area contributed by atoms with Crippen LogP contribution in [0.3, 0.4) is 0 Å². The van der Waals surface area contributed by atoms with Gasteiger partial charge < -0.3 is 10.6 Å². The zero-order valence-corrected chi connectivity index (χ0v) is 13.2. The lowest BCUT2D eigenvalue weighted by Crippen LogP contribution is -2.36. The van der Waals surface area contributed by atoms with Crippen molar-refractivity contribution in [3.63, 3.8) is 0 Å². The summed E-state index contributed by atoms with van der Waals surface area (Å²) in [4.78, 5) is 16.0. The molecule has 4 nitrogen and oxygen atoms in total. The number of nitrogens with two attached hydrogens (primary N) is 1. The summed E-state index contributed by atoms with van der Waals surface area (Å²) in [5, 5.41) is 0. The fourth-order valence-corrected chi connectivity index (χ4v) is 2.07. The minimum atomic E-state index is 0.115. The Morgan fingerprint density at radius 3 is 2.60 bits per heavy atom. The molecule has 0 unspecified atom stereocenters. The van der Waals surface area contributed by atoms with E-state index in [2.05, 4.69) is 11.8 Å². The second-order valence-corrected chi connectivity index (χ2v) is 5.50. The average Bonchev–Trinajstić information content (AvgIpc) is 2.39. The Hall–Kier alpha value is -1.46. The number of hydrogen-bond donors (Lipinski definition) is 1. The van der Waals surface area contributed by atoms with Gasteiger partial charge in [-0.25, -0.2) is 0 Å². The molecule has 0 aliphatic heterocycles. The third-order valence-electron chi connectivity index (χ3n) is 3.02. The quantitative estimate of drug-likeness (QED) is 0.776. The maximum atomic E-state index is 11.8. The summed E-state index contributed by atoms with van der Waals surface area (Å²) < 4.78 is 0. The molecule has 20 heavy (non-hydrogen) atoms. The van der Waals surface area contributed by atoms with Crippen LogP contribution in [0.2, 0.25) is 0 Å². The van der Waals surface area contributed by atoms with E-state index in [4.69, 9.17) is 18.0 Å². The van der Waals surface area contributed by atoms with Gasteiger partial charge in [0, 0.05) is 26.2 Å². The number of rotatable bonds is 7. The second-order valence-electron chi connectivity index (χ2n) is 5.06. The molecule has 1 amide bonds. The van der Waals surface area contributed by atoms with Gasteiger partial charge in [-0.1, -0.05) is 37.3 Å². The van der Waals surface area contributed by atoms with Crippen molar-refractivity contribution >= 4 is 23.1 Å². The molecule has 0 saturated carbocycles. The van der Waals surface area contributed by atoms with Gasteiger partial charge in [0.05, 0.1) is 6.54 Å². The van der Waals surface area contributed by atoms with Gasteiger partial charge in [-0.05, 0) is 24.6 Å². The number of likely N-dealkylation sites (N-methyl/N-ethyl adjacent to an activating group) is 1. The van der Waals surface area contributed by atoms with Crippen molar-refractivity contribution in [3.8, 4) is 0 Å². The number of thiocarbonyl (C=S) groups is 1. The van der Waals surface area contributed by atoms with Crippen LogP contribution in [0.15, 0.2) is 24.3 Å².